The van der Waals surface area contributed by atoms with Crippen molar-refractivity contribution in [2.24, 2.45) is 0 Å². The molecule has 0 spiro atoms. The molecule has 0 saturated heterocycles. The lowest BCUT2D eigenvalue weighted by Gasteiger charge is -2.05. The van der Waals surface area contributed by atoms with Crippen LogP contribution in [0.3, 0.4) is 0 Å². The second-order valence-electron chi connectivity index (χ2n) is 5.85. The Morgan fingerprint density at radius 2 is 1.50 bits per heavy atom. The Morgan fingerprint density at radius 3 is 2.00 bits per heavy atom. The Hall–Kier alpha value is -0.390. The monoisotopic (exact) mass is 346 g/mol. The van der Waals surface area contributed by atoms with Crippen molar-refractivity contribution in [3.63, 3.8) is 0 Å². The summed E-state index contributed by atoms with van der Waals surface area (Å²) in [6.45, 7) is 4.34. The van der Waals surface area contributed by atoms with Crippen molar-refractivity contribution < 1.29 is 12.6 Å². The van der Waals surface area contributed by atoms with E-state index in [4.69, 9.17) is 4.18 Å². The van der Waals surface area contributed by atoms with Crippen LogP contribution in [0.1, 0.15) is 76.7 Å². The lowest BCUT2D eigenvalue weighted by molar-refractivity contribution is 0.307. The smallest absolute Gasteiger partial charge is 0.266 e. The van der Waals surface area contributed by atoms with Gasteiger partial charge in [0.15, 0.2) is 0 Å². The van der Waals surface area contributed by atoms with E-state index in [0.717, 1.165) is 18.4 Å². The molecular formula is C17H30O3S2. The molecule has 0 fully saturated rings. The predicted molar refractivity (Wildman–Crippen MR) is 94.0 cm³/mol. The van der Waals surface area contributed by atoms with Crippen molar-refractivity contribution in [2.75, 3.05) is 6.61 Å². The van der Waals surface area contributed by atoms with Gasteiger partial charge in [-0.15, -0.1) is 11.3 Å². The summed E-state index contributed by atoms with van der Waals surface area (Å²) in [5.41, 5.74) is 0.771. The van der Waals surface area contributed by atoms with Gasteiger partial charge in [-0.1, -0.05) is 64.7 Å². The van der Waals surface area contributed by atoms with Crippen LogP contribution in [0, 0.1) is 6.92 Å². The normalized spacial score (nSPS) is 11.9. The highest BCUT2D eigenvalue weighted by Gasteiger charge is 2.18. The fourth-order valence-electron chi connectivity index (χ4n) is 2.43. The summed E-state index contributed by atoms with van der Waals surface area (Å²) in [7, 11) is -3.54. The van der Waals surface area contributed by atoms with E-state index in [1.54, 1.807) is 18.4 Å². The molecule has 1 heterocycles. The van der Waals surface area contributed by atoms with Crippen molar-refractivity contribution in [1.82, 2.24) is 0 Å². The number of aryl methyl sites for hydroxylation is 1. The minimum absolute atomic E-state index is 0.302. The highest BCUT2D eigenvalue weighted by molar-refractivity contribution is 7.89. The van der Waals surface area contributed by atoms with Crippen LogP contribution < -0.4 is 0 Å². The SMILES string of the molecule is CCCCCCCCCCCCOS(=O)(=O)c1sccc1C. The summed E-state index contributed by atoms with van der Waals surface area (Å²) in [6, 6.07) is 1.81. The van der Waals surface area contributed by atoms with Gasteiger partial charge in [0.2, 0.25) is 0 Å². The molecule has 0 bridgehead atoms. The van der Waals surface area contributed by atoms with Gasteiger partial charge in [-0.2, -0.15) is 8.42 Å². The van der Waals surface area contributed by atoms with Crippen molar-refractivity contribution in [3.8, 4) is 0 Å². The minimum Gasteiger partial charge on any atom is -0.266 e. The Morgan fingerprint density at radius 1 is 0.955 bits per heavy atom. The van der Waals surface area contributed by atoms with Gasteiger partial charge < -0.3 is 0 Å². The summed E-state index contributed by atoms with van der Waals surface area (Å²) in [4.78, 5) is 0. The highest BCUT2D eigenvalue weighted by atomic mass is 32.3. The van der Waals surface area contributed by atoms with Gasteiger partial charge in [-0.05, 0) is 30.4 Å². The van der Waals surface area contributed by atoms with Crippen molar-refractivity contribution in [1.29, 1.82) is 0 Å². The third-order valence-electron chi connectivity index (χ3n) is 3.78. The summed E-state index contributed by atoms with van der Waals surface area (Å²) in [6.07, 6.45) is 12.3. The minimum atomic E-state index is -3.54. The quantitative estimate of drug-likeness (QED) is 0.341. The lowest BCUT2D eigenvalue weighted by Crippen LogP contribution is -2.07. The average molecular weight is 347 g/mol. The summed E-state index contributed by atoms with van der Waals surface area (Å²) >= 11 is 1.23. The number of hydrogen-bond donors (Lipinski definition) is 0. The fraction of sp³-hybridized carbons (Fsp3) is 0.765. The topological polar surface area (TPSA) is 43.4 Å². The molecule has 0 saturated carbocycles. The van der Waals surface area contributed by atoms with Gasteiger partial charge in [-0.25, -0.2) is 0 Å². The van der Waals surface area contributed by atoms with E-state index in [9.17, 15) is 8.42 Å². The van der Waals surface area contributed by atoms with Crippen LogP contribution >= 0.6 is 11.3 Å². The van der Waals surface area contributed by atoms with Crippen molar-refractivity contribution in [2.45, 2.75) is 82.3 Å². The molecule has 1 rings (SSSR count). The molecular weight excluding hydrogens is 316 g/mol. The number of rotatable bonds is 13. The van der Waals surface area contributed by atoms with Gasteiger partial charge in [0.1, 0.15) is 4.21 Å². The summed E-state index contributed by atoms with van der Waals surface area (Å²) < 4.78 is 29.4. The largest absolute Gasteiger partial charge is 0.306 e. The molecule has 0 atom stereocenters. The first-order valence-electron chi connectivity index (χ1n) is 8.51. The van der Waals surface area contributed by atoms with E-state index in [1.165, 1.54) is 62.7 Å². The summed E-state index contributed by atoms with van der Waals surface area (Å²) in [5, 5.41) is 1.78. The van der Waals surface area contributed by atoms with Gasteiger partial charge in [0.05, 0.1) is 6.61 Å². The first-order chi connectivity index (χ1) is 10.6. The van der Waals surface area contributed by atoms with Crippen molar-refractivity contribution >= 4 is 21.5 Å². The second kappa shape index (κ2) is 11.2. The maximum absolute atomic E-state index is 12.0. The van der Waals surface area contributed by atoms with Gasteiger partial charge in [0.25, 0.3) is 0 Å². The molecule has 5 heteroatoms. The zero-order chi connectivity index (χ0) is 16.3. The average Bonchev–Trinajstić information content (AvgIpc) is 2.92. The molecule has 0 aliphatic rings. The third kappa shape index (κ3) is 7.75. The van der Waals surface area contributed by atoms with E-state index in [-0.39, 0.29) is 0 Å². The van der Waals surface area contributed by atoms with Gasteiger partial charge >= 0.3 is 10.1 Å². The first kappa shape index (κ1) is 19.7. The van der Waals surface area contributed by atoms with Crippen LogP contribution in [0.2, 0.25) is 0 Å². The molecule has 0 amide bonds. The third-order valence-corrected chi connectivity index (χ3v) is 6.74. The molecule has 0 aliphatic carbocycles. The lowest BCUT2D eigenvalue weighted by atomic mass is 10.1. The summed E-state index contributed by atoms with van der Waals surface area (Å²) in [5.74, 6) is 0. The molecule has 1 aromatic rings. The molecule has 0 unspecified atom stereocenters. The molecule has 0 aromatic carbocycles. The fourth-order valence-corrected chi connectivity index (χ4v) is 4.77. The molecule has 0 radical (unpaired) electrons. The molecule has 0 aliphatic heterocycles. The van der Waals surface area contributed by atoms with E-state index in [1.807, 2.05) is 0 Å². The zero-order valence-electron chi connectivity index (χ0n) is 14.0. The van der Waals surface area contributed by atoms with Crippen LogP contribution in [0.5, 0.6) is 0 Å². The van der Waals surface area contributed by atoms with Crippen LogP contribution in [-0.4, -0.2) is 15.0 Å². The van der Waals surface area contributed by atoms with Gasteiger partial charge in [-0.3, -0.25) is 4.18 Å². The Labute approximate surface area is 140 Å². The van der Waals surface area contributed by atoms with E-state index >= 15 is 0 Å². The zero-order valence-corrected chi connectivity index (χ0v) is 15.6. The highest BCUT2D eigenvalue weighted by Crippen LogP contribution is 2.23. The predicted octanol–water partition coefficient (Wildman–Crippen LogP) is 5.68. The Kier molecular flexibility index (Phi) is 10.0. The maximum Gasteiger partial charge on any atom is 0.306 e. The number of unbranched alkanes of at least 4 members (excludes halogenated alkanes) is 9. The van der Waals surface area contributed by atoms with E-state index in [2.05, 4.69) is 6.92 Å². The van der Waals surface area contributed by atoms with Crippen LogP contribution in [-0.2, 0) is 14.3 Å². The second-order valence-corrected chi connectivity index (χ2v) is 8.58. The van der Waals surface area contributed by atoms with Crippen LogP contribution in [0.25, 0.3) is 0 Å². The molecule has 0 N–H and O–H groups in total. The molecule has 22 heavy (non-hydrogen) atoms. The van der Waals surface area contributed by atoms with Crippen LogP contribution in [0.4, 0.5) is 0 Å². The molecule has 128 valence electrons. The number of hydrogen-bond acceptors (Lipinski definition) is 4. The van der Waals surface area contributed by atoms with Crippen LogP contribution in [0.15, 0.2) is 15.7 Å². The van der Waals surface area contributed by atoms with Gasteiger partial charge in [0, 0.05) is 0 Å². The standard InChI is InChI=1S/C17H30O3S2/c1-3-4-5-6-7-8-9-10-11-12-14-20-22(18,19)17-16(2)13-15-21-17/h13,15H,3-12,14H2,1-2H3. The molecule has 3 nitrogen and oxygen atoms in total. The number of thiophene rings is 1. The van der Waals surface area contributed by atoms with E-state index < -0.39 is 10.1 Å². The van der Waals surface area contributed by atoms with Crippen molar-refractivity contribution in [3.05, 3.63) is 17.0 Å². The first-order valence-corrected chi connectivity index (χ1v) is 10.8. The maximum atomic E-state index is 12.0. The van der Waals surface area contributed by atoms with E-state index in [0.29, 0.717) is 10.8 Å². The Bertz CT molecular complexity index is 492. The molecule has 1 aromatic heterocycles. The Balaban J connectivity index is 2.01.